The maximum absolute atomic E-state index is 5.76. The fourth-order valence-electron chi connectivity index (χ4n) is 3.91. The summed E-state index contributed by atoms with van der Waals surface area (Å²) in [6.45, 7) is 7.05. The monoisotopic (exact) mass is 380 g/mol. The van der Waals surface area contributed by atoms with E-state index >= 15 is 0 Å². The molecule has 0 bridgehead atoms. The molecule has 9 nitrogen and oxygen atoms in total. The van der Waals surface area contributed by atoms with Gasteiger partial charge in [0.1, 0.15) is 6.33 Å². The molecule has 0 spiro atoms. The second-order valence-corrected chi connectivity index (χ2v) is 7.44. The summed E-state index contributed by atoms with van der Waals surface area (Å²) >= 11 is 0. The van der Waals surface area contributed by atoms with Crippen LogP contribution in [0, 0.1) is 6.92 Å². The molecule has 5 heterocycles. The Labute approximate surface area is 163 Å². The summed E-state index contributed by atoms with van der Waals surface area (Å²) in [4.78, 5) is 27.0. The van der Waals surface area contributed by atoms with Crippen molar-refractivity contribution in [2.75, 3.05) is 42.6 Å². The maximum Gasteiger partial charge on any atom is 0.225 e. The van der Waals surface area contributed by atoms with Gasteiger partial charge in [-0.15, -0.1) is 0 Å². The molecule has 9 heteroatoms. The Kier molecular flexibility index (Phi) is 4.52. The fraction of sp³-hybridized carbons (Fsp3) is 0.526. The number of fused-ring (bicyclic) bond motifs is 1. The van der Waals surface area contributed by atoms with Crippen molar-refractivity contribution in [1.29, 1.82) is 0 Å². The second kappa shape index (κ2) is 7.31. The van der Waals surface area contributed by atoms with Crippen molar-refractivity contribution >= 4 is 22.9 Å². The van der Waals surface area contributed by atoms with Gasteiger partial charge >= 0.3 is 0 Å². The number of nitrogens with zero attached hydrogens (tertiary/aromatic N) is 8. The van der Waals surface area contributed by atoms with E-state index in [9.17, 15) is 0 Å². The van der Waals surface area contributed by atoms with Crippen LogP contribution in [0.3, 0.4) is 0 Å². The van der Waals surface area contributed by atoms with Gasteiger partial charge < -0.3 is 19.1 Å². The third kappa shape index (κ3) is 3.26. The molecule has 0 aromatic carbocycles. The molecule has 1 unspecified atom stereocenters. The number of hydrogen-bond acceptors (Lipinski definition) is 8. The van der Waals surface area contributed by atoms with Gasteiger partial charge in [0.25, 0.3) is 0 Å². The van der Waals surface area contributed by atoms with E-state index in [4.69, 9.17) is 4.74 Å². The first-order chi connectivity index (χ1) is 13.8. The van der Waals surface area contributed by atoms with Crippen LogP contribution in [-0.2, 0) is 11.3 Å². The van der Waals surface area contributed by atoms with Crippen molar-refractivity contribution in [2.45, 2.75) is 32.4 Å². The zero-order chi connectivity index (χ0) is 18.9. The number of hydrogen-bond donors (Lipinski definition) is 0. The molecule has 28 heavy (non-hydrogen) atoms. The highest BCUT2D eigenvalue weighted by atomic mass is 16.5. The van der Waals surface area contributed by atoms with E-state index in [0.717, 1.165) is 80.7 Å². The average molecular weight is 380 g/mol. The van der Waals surface area contributed by atoms with Crippen LogP contribution in [0.25, 0.3) is 11.2 Å². The van der Waals surface area contributed by atoms with Crippen LogP contribution in [-0.4, -0.2) is 68.4 Å². The number of ether oxygens (including phenoxy) is 1. The Morgan fingerprint density at radius 1 is 1.00 bits per heavy atom. The van der Waals surface area contributed by atoms with Gasteiger partial charge in [0.05, 0.1) is 19.0 Å². The van der Waals surface area contributed by atoms with Crippen LogP contribution in [0.2, 0.25) is 0 Å². The van der Waals surface area contributed by atoms with E-state index in [2.05, 4.69) is 39.3 Å². The summed E-state index contributed by atoms with van der Waals surface area (Å²) in [5.41, 5.74) is 2.81. The Hall–Kier alpha value is -2.81. The molecule has 0 N–H and O–H groups in total. The number of aromatic nitrogens is 6. The normalized spacial score (nSPS) is 20.2. The first kappa shape index (κ1) is 17.3. The van der Waals surface area contributed by atoms with E-state index in [1.165, 1.54) is 0 Å². The van der Waals surface area contributed by atoms with Gasteiger partial charge in [0.15, 0.2) is 17.0 Å². The molecule has 5 rings (SSSR count). The van der Waals surface area contributed by atoms with Crippen LogP contribution in [0.15, 0.2) is 25.0 Å². The Balaban J connectivity index is 1.32. The molecule has 0 amide bonds. The van der Waals surface area contributed by atoms with Crippen molar-refractivity contribution in [3.63, 3.8) is 0 Å². The molecule has 1 atom stereocenters. The van der Waals surface area contributed by atoms with E-state index in [0.29, 0.717) is 0 Å². The van der Waals surface area contributed by atoms with Gasteiger partial charge in [-0.25, -0.2) is 24.9 Å². The molecule has 3 aromatic rings. The Morgan fingerprint density at radius 2 is 1.79 bits per heavy atom. The molecule has 2 saturated heterocycles. The number of aryl methyl sites for hydroxylation is 1. The lowest BCUT2D eigenvalue weighted by molar-refractivity contribution is 0.0978. The van der Waals surface area contributed by atoms with Crippen molar-refractivity contribution < 1.29 is 4.74 Å². The Bertz CT molecular complexity index is 942. The zero-order valence-electron chi connectivity index (χ0n) is 16.0. The maximum atomic E-state index is 5.76. The lowest BCUT2D eigenvalue weighted by Gasteiger charge is -2.35. The van der Waals surface area contributed by atoms with E-state index in [1.54, 1.807) is 6.33 Å². The van der Waals surface area contributed by atoms with Crippen LogP contribution < -0.4 is 9.80 Å². The minimum atomic E-state index is 0.258. The summed E-state index contributed by atoms with van der Waals surface area (Å²) in [5.74, 6) is 1.69. The molecule has 0 radical (unpaired) electrons. The average Bonchev–Trinajstić information content (AvgIpc) is 3.39. The van der Waals surface area contributed by atoms with Crippen LogP contribution in [0.4, 0.5) is 11.8 Å². The van der Waals surface area contributed by atoms with Crippen molar-refractivity contribution in [1.82, 2.24) is 29.5 Å². The second-order valence-electron chi connectivity index (χ2n) is 7.44. The summed E-state index contributed by atoms with van der Waals surface area (Å²) in [6.07, 6.45) is 9.72. The largest absolute Gasteiger partial charge is 0.376 e. The Morgan fingerprint density at radius 3 is 2.54 bits per heavy atom. The first-order valence-electron chi connectivity index (χ1n) is 9.84. The standard InChI is InChI=1S/C19H24N8O/c1-14-9-20-19(21-10-14)26-6-4-25(5-7-26)17-16-18(23-12-22-17)27(13-24-16)11-15-3-2-8-28-15/h9-10,12-13,15H,2-8,11H2,1H3. The molecular weight excluding hydrogens is 356 g/mol. The molecule has 2 aliphatic heterocycles. The molecule has 2 fully saturated rings. The SMILES string of the molecule is Cc1cnc(N2CCN(c3ncnc4c3ncn4CC3CCCO3)CC2)nc1. The smallest absolute Gasteiger partial charge is 0.225 e. The van der Waals surface area contributed by atoms with Gasteiger partial charge in [-0.1, -0.05) is 0 Å². The number of anilines is 2. The van der Waals surface area contributed by atoms with E-state index < -0.39 is 0 Å². The van der Waals surface area contributed by atoms with Crippen molar-refractivity contribution in [2.24, 2.45) is 0 Å². The molecule has 3 aromatic heterocycles. The number of rotatable bonds is 4. The highest BCUT2D eigenvalue weighted by molar-refractivity contribution is 5.83. The van der Waals surface area contributed by atoms with Gasteiger partial charge in [0.2, 0.25) is 5.95 Å². The minimum Gasteiger partial charge on any atom is -0.376 e. The van der Waals surface area contributed by atoms with Crippen LogP contribution in [0.5, 0.6) is 0 Å². The predicted octanol–water partition coefficient (Wildman–Crippen LogP) is 1.43. The minimum absolute atomic E-state index is 0.258. The summed E-state index contributed by atoms with van der Waals surface area (Å²) in [7, 11) is 0. The fourth-order valence-corrected chi connectivity index (χ4v) is 3.91. The highest BCUT2D eigenvalue weighted by Gasteiger charge is 2.24. The summed E-state index contributed by atoms with van der Waals surface area (Å²) < 4.78 is 7.85. The molecule has 2 aliphatic rings. The molecule has 146 valence electrons. The van der Waals surface area contributed by atoms with Crippen LogP contribution >= 0.6 is 0 Å². The topological polar surface area (TPSA) is 85.1 Å². The molecule has 0 aliphatic carbocycles. The highest BCUT2D eigenvalue weighted by Crippen LogP contribution is 2.24. The van der Waals surface area contributed by atoms with Crippen molar-refractivity contribution in [3.8, 4) is 0 Å². The summed E-state index contributed by atoms with van der Waals surface area (Å²) in [6, 6.07) is 0. The van der Waals surface area contributed by atoms with E-state index in [-0.39, 0.29) is 6.10 Å². The third-order valence-electron chi connectivity index (χ3n) is 5.44. The zero-order valence-corrected chi connectivity index (χ0v) is 16.0. The predicted molar refractivity (Wildman–Crippen MR) is 105 cm³/mol. The van der Waals surface area contributed by atoms with E-state index in [1.807, 2.05) is 25.6 Å². The van der Waals surface area contributed by atoms with Gasteiger partial charge in [-0.2, -0.15) is 0 Å². The van der Waals surface area contributed by atoms with Crippen molar-refractivity contribution in [3.05, 3.63) is 30.6 Å². The lowest BCUT2D eigenvalue weighted by Crippen LogP contribution is -2.47. The molecular formula is C19H24N8O. The first-order valence-corrected chi connectivity index (χ1v) is 9.84. The lowest BCUT2D eigenvalue weighted by atomic mass is 10.2. The quantitative estimate of drug-likeness (QED) is 0.672. The molecule has 0 saturated carbocycles. The van der Waals surface area contributed by atoms with Gasteiger partial charge in [-0.3, -0.25) is 0 Å². The number of piperazine rings is 1. The third-order valence-corrected chi connectivity index (χ3v) is 5.44. The summed E-state index contributed by atoms with van der Waals surface area (Å²) in [5, 5.41) is 0. The van der Waals surface area contributed by atoms with Gasteiger partial charge in [-0.05, 0) is 25.3 Å². The number of imidazole rings is 1. The van der Waals surface area contributed by atoms with Crippen LogP contribution in [0.1, 0.15) is 18.4 Å². The van der Waals surface area contributed by atoms with Gasteiger partial charge in [0, 0.05) is 45.2 Å².